The minimum absolute atomic E-state index is 0.0139. The van der Waals surface area contributed by atoms with Gasteiger partial charge in [-0.2, -0.15) is 26.9 Å². The molecule has 1 aromatic carbocycles. The molecule has 2 heterocycles. The normalized spacial score (nSPS) is 18.5. The van der Waals surface area contributed by atoms with Crippen LogP contribution in [0.5, 0.6) is 11.6 Å². The van der Waals surface area contributed by atoms with Gasteiger partial charge in [0, 0.05) is 6.42 Å². The average molecular weight is 476 g/mol. The number of alkyl halides is 5. The Morgan fingerprint density at radius 3 is 2.42 bits per heavy atom. The van der Waals surface area contributed by atoms with E-state index in [4.69, 9.17) is 9.47 Å². The highest BCUT2D eigenvalue weighted by Gasteiger charge is 2.36. The molecule has 1 aliphatic heterocycles. The summed E-state index contributed by atoms with van der Waals surface area (Å²) in [6.45, 7) is -3.13. The number of halogens is 5. The number of nitrogens with zero attached hydrogens (tertiary/aromatic N) is 2. The average Bonchev–Trinajstić information content (AvgIpc) is 3.19. The fraction of sp³-hybridized carbons (Fsp3) is 0.429. The second-order valence-corrected chi connectivity index (χ2v) is 7.12. The maximum absolute atomic E-state index is 12.8. The van der Waals surface area contributed by atoms with Gasteiger partial charge in [0.2, 0.25) is 5.88 Å². The van der Waals surface area contributed by atoms with E-state index in [9.17, 15) is 26.7 Å². The molecule has 33 heavy (non-hydrogen) atoms. The van der Waals surface area contributed by atoms with E-state index in [1.165, 1.54) is 38.5 Å². The Morgan fingerprint density at radius 2 is 1.85 bits per heavy atom. The molecule has 0 amide bonds. The second kappa shape index (κ2) is 10.2. The molecule has 1 aromatic heterocycles. The second-order valence-electron chi connectivity index (χ2n) is 7.12. The molecule has 0 N–H and O–H groups in total. The van der Waals surface area contributed by atoms with Crippen molar-refractivity contribution in [3.05, 3.63) is 47.5 Å². The van der Waals surface area contributed by atoms with Gasteiger partial charge in [0.1, 0.15) is 23.2 Å². The number of ether oxygens (including phenoxy) is 4. The minimum atomic E-state index is -4.47. The number of esters is 1. The van der Waals surface area contributed by atoms with Crippen LogP contribution in [-0.2, 0) is 15.7 Å². The number of anilines is 1. The molecule has 2 aromatic rings. The van der Waals surface area contributed by atoms with Gasteiger partial charge in [0.05, 0.1) is 39.0 Å². The molecule has 0 aliphatic carbocycles. The Morgan fingerprint density at radius 1 is 1.15 bits per heavy atom. The number of pyridine rings is 1. The van der Waals surface area contributed by atoms with Crippen LogP contribution >= 0.6 is 0 Å². The van der Waals surface area contributed by atoms with Gasteiger partial charge in [-0.25, -0.2) is 4.79 Å². The summed E-state index contributed by atoms with van der Waals surface area (Å²) in [5, 5.41) is 0. The monoisotopic (exact) mass is 476 g/mol. The third-order valence-corrected chi connectivity index (χ3v) is 5.01. The summed E-state index contributed by atoms with van der Waals surface area (Å²) in [5.41, 5.74) is -0.728. The Labute approximate surface area is 186 Å². The van der Waals surface area contributed by atoms with E-state index in [0.717, 1.165) is 12.1 Å². The summed E-state index contributed by atoms with van der Waals surface area (Å²) < 4.78 is 83.7. The van der Waals surface area contributed by atoms with Crippen LogP contribution in [0.4, 0.5) is 27.8 Å². The topological polar surface area (TPSA) is 70.1 Å². The predicted molar refractivity (Wildman–Crippen MR) is 106 cm³/mol. The molecule has 0 radical (unpaired) electrons. The third-order valence-electron chi connectivity index (χ3n) is 5.01. The van der Waals surface area contributed by atoms with Gasteiger partial charge in [0.15, 0.2) is 0 Å². The van der Waals surface area contributed by atoms with E-state index in [1.54, 1.807) is 4.90 Å². The number of methoxy groups -OCH3 is 2. The summed E-state index contributed by atoms with van der Waals surface area (Å²) in [6, 6.07) is 6.56. The first-order valence-electron chi connectivity index (χ1n) is 9.76. The van der Waals surface area contributed by atoms with Gasteiger partial charge in [-0.3, -0.25) is 0 Å². The highest BCUT2D eigenvalue weighted by atomic mass is 19.4. The zero-order chi connectivity index (χ0) is 24.2. The zero-order valence-corrected chi connectivity index (χ0v) is 17.6. The molecule has 0 bridgehead atoms. The lowest BCUT2D eigenvalue weighted by atomic mass is 10.2. The van der Waals surface area contributed by atoms with Gasteiger partial charge in [-0.1, -0.05) is 0 Å². The van der Waals surface area contributed by atoms with Crippen molar-refractivity contribution in [1.29, 1.82) is 0 Å². The van der Waals surface area contributed by atoms with Crippen LogP contribution < -0.4 is 14.4 Å². The SMILES string of the molecule is COC(=O)c1ccc(N2C[C@@H](Oc3ccc(C(F)(F)F)cc3)C[C@H]2COC(F)F)nc1OC. The zero-order valence-electron chi connectivity index (χ0n) is 17.6. The first-order valence-corrected chi connectivity index (χ1v) is 9.76. The molecule has 2 atom stereocenters. The highest BCUT2D eigenvalue weighted by molar-refractivity contribution is 5.92. The van der Waals surface area contributed by atoms with E-state index in [-0.39, 0.29) is 36.8 Å². The predicted octanol–water partition coefficient (Wildman–Crippen LogP) is 4.16. The van der Waals surface area contributed by atoms with E-state index in [2.05, 4.69) is 14.5 Å². The smallest absolute Gasteiger partial charge is 0.416 e. The Bertz CT molecular complexity index is 955. The van der Waals surface area contributed by atoms with Crippen LogP contribution in [0.3, 0.4) is 0 Å². The lowest BCUT2D eigenvalue weighted by Crippen LogP contribution is -2.34. The van der Waals surface area contributed by atoms with Crippen molar-refractivity contribution in [3.8, 4) is 11.6 Å². The number of hydrogen-bond donors (Lipinski definition) is 0. The molecule has 7 nitrogen and oxygen atoms in total. The largest absolute Gasteiger partial charge is 0.489 e. The van der Waals surface area contributed by atoms with Crippen molar-refractivity contribution >= 4 is 11.8 Å². The van der Waals surface area contributed by atoms with Crippen LogP contribution in [0.1, 0.15) is 22.3 Å². The van der Waals surface area contributed by atoms with E-state index in [0.29, 0.717) is 5.82 Å². The molecular weight excluding hydrogens is 455 g/mol. The van der Waals surface area contributed by atoms with Crippen LogP contribution in [0, 0.1) is 0 Å². The molecule has 3 rings (SSSR count). The maximum Gasteiger partial charge on any atom is 0.416 e. The van der Waals surface area contributed by atoms with Gasteiger partial charge in [-0.05, 0) is 36.4 Å². The van der Waals surface area contributed by atoms with E-state index >= 15 is 0 Å². The highest BCUT2D eigenvalue weighted by Crippen LogP contribution is 2.33. The standard InChI is InChI=1S/C21H21F5N2O5/c1-30-18-16(19(29)31-2)7-8-17(27-18)28-10-15(9-13(28)11-32-20(22)23)33-14-5-3-12(4-6-14)21(24,25)26/h3-8,13,15,20H,9-11H2,1-2H3/t13-,15-/m0/s1. The summed E-state index contributed by atoms with van der Waals surface area (Å²) in [7, 11) is 2.52. The Hall–Kier alpha value is -3.15. The Kier molecular flexibility index (Phi) is 7.57. The molecule has 1 aliphatic rings. The van der Waals surface area contributed by atoms with Crippen molar-refractivity contribution in [2.45, 2.75) is 31.4 Å². The van der Waals surface area contributed by atoms with Crippen LogP contribution in [0.2, 0.25) is 0 Å². The molecule has 0 spiro atoms. The number of aromatic nitrogens is 1. The molecule has 1 saturated heterocycles. The summed E-state index contributed by atoms with van der Waals surface area (Å²) >= 11 is 0. The van der Waals surface area contributed by atoms with Gasteiger partial charge < -0.3 is 23.8 Å². The van der Waals surface area contributed by atoms with E-state index < -0.39 is 36.5 Å². The maximum atomic E-state index is 12.8. The first-order chi connectivity index (χ1) is 15.6. The summed E-state index contributed by atoms with van der Waals surface area (Å²) in [4.78, 5) is 17.8. The van der Waals surface area contributed by atoms with Gasteiger partial charge in [0.25, 0.3) is 0 Å². The van der Waals surface area contributed by atoms with Gasteiger partial charge >= 0.3 is 18.8 Å². The number of rotatable bonds is 8. The number of carbonyl (C=O) groups is 1. The van der Waals surface area contributed by atoms with Gasteiger partial charge in [-0.15, -0.1) is 0 Å². The van der Waals surface area contributed by atoms with Crippen LogP contribution in [0.25, 0.3) is 0 Å². The fourth-order valence-electron chi connectivity index (χ4n) is 3.51. The molecule has 180 valence electrons. The van der Waals surface area contributed by atoms with Crippen molar-refractivity contribution in [2.75, 3.05) is 32.3 Å². The summed E-state index contributed by atoms with van der Waals surface area (Å²) in [6.07, 6.45) is -4.76. The number of carbonyl (C=O) groups excluding carboxylic acids is 1. The van der Waals surface area contributed by atoms with E-state index in [1.807, 2.05) is 0 Å². The number of hydrogen-bond acceptors (Lipinski definition) is 7. The minimum Gasteiger partial charge on any atom is -0.489 e. The molecule has 1 fully saturated rings. The van der Waals surface area contributed by atoms with Crippen molar-refractivity contribution in [3.63, 3.8) is 0 Å². The van der Waals surface area contributed by atoms with Crippen LogP contribution in [-0.4, -0.2) is 57.1 Å². The van der Waals surface area contributed by atoms with Crippen LogP contribution in [0.15, 0.2) is 36.4 Å². The lowest BCUT2D eigenvalue weighted by molar-refractivity contribution is -0.137. The Balaban J connectivity index is 1.80. The molecule has 0 saturated carbocycles. The van der Waals surface area contributed by atoms with Crippen molar-refractivity contribution in [1.82, 2.24) is 4.98 Å². The quantitative estimate of drug-likeness (QED) is 0.419. The van der Waals surface area contributed by atoms with Crippen molar-refractivity contribution in [2.24, 2.45) is 0 Å². The summed E-state index contributed by atoms with van der Waals surface area (Å²) in [5.74, 6) is -0.149. The molecule has 12 heteroatoms. The molecule has 0 unspecified atom stereocenters. The lowest BCUT2D eigenvalue weighted by Gasteiger charge is -2.25. The number of benzene rings is 1. The third kappa shape index (κ3) is 6.01. The van der Waals surface area contributed by atoms with Crippen molar-refractivity contribution < 1.29 is 45.7 Å². The fourth-order valence-corrected chi connectivity index (χ4v) is 3.51. The first kappa shape index (κ1) is 24.5. The molecular formula is C21H21F5N2O5.